The summed E-state index contributed by atoms with van der Waals surface area (Å²) in [6.07, 6.45) is 6.53. The lowest BCUT2D eigenvalue weighted by Gasteiger charge is -2.24. The number of non-ortho nitro benzene ring substituents is 1. The van der Waals surface area contributed by atoms with Crippen molar-refractivity contribution >= 4 is 16.8 Å². The molecule has 5 rings (SSSR count). The molecule has 39 heavy (non-hydrogen) atoms. The van der Waals surface area contributed by atoms with E-state index in [4.69, 9.17) is 18.9 Å². The average Bonchev–Trinajstić information content (AvgIpc) is 2.98. The van der Waals surface area contributed by atoms with Crippen molar-refractivity contribution in [2.24, 2.45) is 0 Å². The second-order valence-electron chi connectivity index (χ2n) is 9.89. The molecule has 2 saturated heterocycles. The Hall–Kier alpha value is -3.68. The lowest BCUT2D eigenvalue weighted by molar-refractivity contribution is -0.384. The monoisotopic (exact) mass is 529 g/mol. The number of benzene rings is 3. The molecule has 0 saturated carbocycles. The van der Waals surface area contributed by atoms with Crippen molar-refractivity contribution in [1.82, 2.24) is 0 Å². The minimum absolute atomic E-state index is 0.0683. The van der Waals surface area contributed by atoms with E-state index in [1.165, 1.54) is 0 Å². The molecule has 0 N–H and O–H groups in total. The van der Waals surface area contributed by atoms with Crippen LogP contribution in [-0.2, 0) is 9.47 Å². The fraction of sp³-hybridized carbons (Fsp3) is 0.375. The van der Waals surface area contributed by atoms with Gasteiger partial charge in [-0.2, -0.15) is 0 Å². The second-order valence-corrected chi connectivity index (χ2v) is 9.89. The summed E-state index contributed by atoms with van der Waals surface area (Å²) in [5.74, 6) is 1.54. The largest absolute Gasteiger partial charge is 0.465 e. The van der Waals surface area contributed by atoms with Crippen molar-refractivity contribution in [1.29, 1.82) is 0 Å². The predicted octanol–water partition coefficient (Wildman–Crippen LogP) is 7.77. The molecule has 7 nitrogen and oxygen atoms in total. The molecule has 3 aromatic carbocycles. The topological polar surface area (TPSA) is 80.1 Å². The van der Waals surface area contributed by atoms with Gasteiger partial charge in [0.05, 0.1) is 18.1 Å². The van der Waals surface area contributed by atoms with Gasteiger partial charge >= 0.3 is 0 Å². The quantitative estimate of drug-likeness (QED) is 0.160. The normalized spacial score (nSPS) is 20.1. The maximum atomic E-state index is 11.3. The van der Waals surface area contributed by atoms with Gasteiger partial charge in [0.15, 0.2) is 12.6 Å². The number of nitro groups is 1. The molecule has 2 aliphatic heterocycles. The van der Waals surface area contributed by atoms with Crippen LogP contribution in [0.1, 0.15) is 68.6 Å². The Morgan fingerprint density at radius 1 is 0.744 bits per heavy atom. The van der Waals surface area contributed by atoms with Crippen LogP contribution < -0.4 is 9.47 Å². The molecule has 0 spiro atoms. The van der Waals surface area contributed by atoms with Crippen molar-refractivity contribution in [2.75, 3.05) is 13.2 Å². The molecule has 0 radical (unpaired) electrons. The highest BCUT2D eigenvalue weighted by Crippen LogP contribution is 2.36. The van der Waals surface area contributed by atoms with Gasteiger partial charge < -0.3 is 18.9 Å². The third-order valence-electron chi connectivity index (χ3n) is 7.18. The van der Waals surface area contributed by atoms with Gasteiger partial charge in [-0.1, -0.05) is 31.2 Å². The second kappa shape index (κ2) is 12.9. The molecule has 0 aromatic heterocycles. The van der Waals surface area contributed by atoms with Crippen LogP contribution in [0.4, 0.5) is 5.69 Å². The van der Waals surface area contributed by atoms with Gasteiger partial charge in [0.25, 0.3) is 5.69 Å². The first-order chi connectivity index (χ1) is 19.1. The smallest absolute Gasteiger partial charge is 0.269 e. The summed E-state index contributed by atoms with van der Waals surface area (Å²) in [6, 6.07) is 22.9. The van der Waals surface area contributed by atoms with E-state index in [1.54, 1.807) is 12.1 Å². The van der Waals surface area contributed by atoms with E-state index < -0.39 is 0 Å². The number of nitro benzene ring substituents is 1. The Kier molecular flexibility index (Phi) is 8.91. The third-order valence-corrected chi connectivity index (χ3v) is 7.18. The van der Waals surface area contributed by atoms with Crippen molar-refractivity contribution in [2.45, 2.75) is 64.4 Å². The van der Waals surface area contributed by atoms with Gasteiger partial charge in [0.1, 0.15) is 11.5 Å². The predicted molar refractivity (Wildman–Crippen MR) is 151 cm³/mol. The number of ether oxygens (including phenoxy) is 4. The van der Waals surface area contributed by atoms with Crippen LogP contribution in [0.5, 0.6) is 11.5 Å². The molecule has 0 aliphatic carbocycles. The van der Waals surface area contributed by atoms with E-state index in [9.17, 15) is 10.1 Å². The lowest BCUT2D eigenvalue weighted by atomic mass is 9.88. The summed E-state index contributed by atoms with van der Waals surface area (Å²) in [4.78, 5) is 10.9. The molecule has 2 fully saturated rings. The molecular weight excluding hydrogens is 494 g/mol. The molecule has 2 unspecified atom stereocenters. The van der Waals surface area contributed by atoms with Crippen molar-refractivity contribution in [3.8, 4) is 11.5 Å². The van der Waals surface area contributed by atoms with Crippen LogP contribution in [-0.4, -0.2) is 30.7 Å². The molecule has 2 aliphatic rings. The molecule has 2 heterocycles. The summed E-state index contributed by atoms with van der Waals surface area (Å²) in [5, 5.41) is 11.3. The Morgan fingerprint density at radius 2 is 1.21 bits per heavy atom. The van der Waals surface area contributed by atoms with Gasteiger partial charge in [-0.3, -0.25) is 10.1 Å². The van der Waals surface area contributed by atoms with Gasteiger partial charge in [-0.25, -0.2) is 0 Å². The van der Waals surface area contributed by atoms with Crippen LogP contribution in [0.2, 0.25) is 0 Å². The third kappa shape index (κ3) is 6.85. The Labute approximate surface area is 229 Å². The maximum absolute atomic E-state index is 11.3. The minimum Gasteiger partial charge on any atom is -0.465 e. The molecule has 0 amide bonds. The van der Waals surface area contributed by atoms with Crippen molar-refractivity contribution < 1.29 is 23.9 Å². The van der Waals surface area contributed by atoms with E-state index >= 15 is 0 Å². The maximum Gasteiger partial charge on any atom is 0.269 e. The van der Waals surface area contributed by atoms with E-state index in [-0.39, 0.29) is 23.2 Å². The van der Waals surface area contributed by atoms with Crippen molar-refractivity contribution in [3.63, 3.8) is 0 Å². The summed E-state index contributed by atoms with van der Waals surface area (Å²) < 4.78 is 23.5. The minimum atomic E-state index is -0.373. The Morgan fingerprint density at radius 3 is 1.62 bits per heavy atom. The first-order valence-corrected chi connectivity index (χ1v) is 13.9. The first-order valence-electron chi connectivity index (χ1n) is 13.9. The number of allylic oxidation sites excluding steroid dienone is 1. The average molecular weight is 530 g/mol. The zero-order chi connectivity index (χ0) is 27.0. The molecular formula is C32H35NO6. The van der Waals surface area contributed by atoms with Crippen LogP contribution in [0.25, 0.3) is 11.1 Å². The number of hydrogen-bond acceptors (Lipinski definition) is 6. The van der Waals surface area contributed by atoms with Gasteiger partial charge in [0.2, 0.25) is 0 Å². The van der Waals surface area contributed by atoms with E-state index in [2.05, 4.69) is 19.1 Å². The molecule has 2 atom stereocenters. The molecule has 0 bridgehead atoms. The summed E-state index contributed by atoms with van der Waals surface area (Å²) >= 11 is 0. The fourth-order valence-electron chi connectivity index (χ4n) is 5.14. The molecule has 204 valence electrons. The SMILES string of the molecule is CC/C(=C(/c1ccc(OC2CCCCO2)cc1)c1ccc([N+](=O)[O-])cc1)c1ccc(OC2CCCCO2)cc1. The van der Waals surface area contributed by atoms with Gasteiger partial charge in [-0.05, 0) is 96.3 Å². The van der Waals surface area contributed by atoms with Gasteiger partial charge in [0, 0.05) is 25.0 Å². The molecule has 7 heteroatoms. The first kappa shape index (κ1) is 26.9. The fourth-order valence-corrected chi connectivity index (χ4v) is 5.14. The standard InChI is InChI=1S/C32H35NO6/c1-2-29(23-11-17-27(18-12-23)38-30-7-3-5-21-36-30)32(24-9-15-26(16-10-24)33(34)35)25-13-19-28(20-14-25)39-31-8-4-6-22-37-31/h9-20,30-31H,2-8,21-22H2,1H3/b32-29-. The zero-order valence-electron chi connectivity index (χ0n) is 22.3. The summed E-state index contributed by atoms with van der Waals surface area (Å²) in [6.45, 7) is 3.59. The van der Waals surface area contributed by atoms with Gasteiger partial charge in [-0.15, -0.1) is 0 Å². The van der Waals surface area contributed by atoms with E-state index in [0.717, 1.165) is 97.5 Å². The summed E-state index contributed by atoms with van der Waals surface area (Å²) in [7, 11) is 0. The number of hydrogen-bond donors (Lipinski definition) is 0. The van der Waals surface area contributed by atoms with Crippen molar-refractivity contribution in [3.05, 3.63) is 99.6 Å². The Bertz CT molecular complexity index is 1260. The zero-order valence-corrected chi connectivity index (χ0v) is 22.3. The van der Waals surface area contributed by atoms with Crippen LogP contribution >= 0.6 is 0 Å². The lowest BCUT2D eigenvalue weighted by Crippen LogP contribution is -2.24. The summed E-state index contributed by atoms with van der Waals surface area (Å²) in [5.41, 5.74) is 5.22. The van der Waals surface area contributed by atoms with Crippen LogP contribution in [0, 0.1) is 10.1 Å². The van der Waals surface area contributed by atoms with E-state index in [1.807, 2.05) is 48.5 Å². The number of rotatable bonds is 9. The highest BCUT2D eigenvalue weighted by atomic mass is 16.7. The highest BCUT2D eigenvalue weighted by Gasteiger charge is 2.19. The molecule has 3 aromatic rings. The Balaban J connectivity index is 1.47. The van der Waals surface area contributed by atoms with E-state index in [0.29, 0.717) is 0 Å². The number of nitrogens with zero attached hydrogens (tertiary/aromatic N) is 1. The van der Waals surface area contributed by atoms with Crippen LogP contribution in [0.3, 0.4) is 0 Å². The van der Waals surface area contributed by atoms with Crippen LogP contribution in [0.15, 0.2) is 72.8 Å². The highest BCUT2D eigenvalue weighted by molar-refractivity contribution is 5.98.